The molecular weight excluding hydrogens is 262 g/mol. The fourth-order valence-corrected chi connectivity index (χ4v) is 2.09. The molecule has 1 aliphatic heterocycles. The molecule has 1 saturated heterocycles. The van der Waals surface area contributed by atoms with Crippen molar-refractivity contribution >= 4 is 11.8 Å². The van der Waals surface area contributed by atoms with E-state index >= 15 is 0 Å². The van der Waals surface area contributed by atoms with E-state index in [0.717, 1.165) is 0 Å². The third-order valence-corrected chi connectivity index (χ3v) is 3.19. The van der Waals surface area contributed by atoms with Crippen LogP contribution in [0.2, 0.25) is 0 Å². The van der Waals surface area contributed by atoms with Crippen LogP contribution in [0.3, 0.4) is 0 Å². The molecule has 1 aliphatic rings. The Morgan fingerprint density at radius 3 is 3.00 bits per heavy atom. The number of anilines is 1. The van der Waals surface area contributed by atoms with E-state index in [0.29, 0.717) is 24.8 Å². The second-order valence-electron chi connectivity index (χ2n) is 4.95. The second-order valence-corrected chi connectivity index (χ2v) is 4.95. The van der Waals surface area contributed by atoms with Gasteiger partial charge >= 0.3 is 5.97 Å². The van der Waals surface area contributed by atoms with Gasteiger partial charge < -0.3 is 19.4 Å². The average molecular weight is 281 g/mol. The van der Waals surface area contributed by atoms with Crippen molar-refractivity contribution in [2.75, 3.05) is 31.8 Å². The molecule has 1 aromatic heterocycles. The van der Waals surface area contributed by atoms with E-state index in [-0.39, 0.29) is 18.1 Å². The fraction of sp³-hybridized carbons (Fsp3) is 0.615. The molecule has 0 saturated carbocycles. The molecule has 2 rings (SSSR count). The molecule has 2 heterocycles. The van der Waals surface area contributed by atoms with Gasteiger partial charge in [-0.15, -0.1) is 0 Å². The normalized spacial score (nSPS) is 19.2. The number of hydrogen-bond donors (Lipinski definition) is 1. The summed E-state index contributed by atoms with van der Waals surface area (Å²) in [4.78, 5) is 32.4. The molecule has 110 valence electrons. The Morgan fingerprint density at radius 1 is 1.60 bits per heavy atom. The number of ether oxygens (including phenoxy) is 2. The molecule has 0 spiro atoms. The number of aromatic nitrogens is 2. The van der Waals surface area contributed by atoms with Gasteiger partial charge in [0.15, 0.2) is 6.04 Å². The highest BCUT2D eigenvalue weighted by Gasteiger charge is 2.31. The largest absolute Gasteiger partial charge is 0.467 e. The lowest BCUT2D eigenvalue weighted by atomic mass is 10.2. The van der Waals surface area contributed by atoms with Crippen molar-refractivity contribution < 1.29 is 14.3 Å². The van der Waals surface area contributed by atoms with Gasteiger partial charge in [0.2, 0.25) is 0 Å². The highest BCUT2D eigenvalue weighted by Crippen LogP contribution is 2.18. The molecule has 20 heavy (non-hydrogen) atoms. The SMILES string of the molecule is COC(=O)C1COCCN1c1cc(=O)[nH]c(C(C)C)n1. The standard InChI is InChI=1S/C13H19N3O4/c1-8(2)12-14-10(6-11(17)15-12)16-4-5-20-7-9(16)13(18)19-3/h6,8-9H,4-5,7H2,1-3H3,(H,14,15,17). The Kier molecular flexibility index (Phi) is 4.39. The first-order valence-corrected chi connectivity index (χ1v) is 6.56. The zero-order valence-electron chi connectivity index (χ0n) is 11.9. The highest BCUT2D eigenvalue weighted by atomic mass is 16.5. The number of hydrogen-bond acceptors (Lipinski definition) is 6. The van der Waals surface area contributed by atoms with Crippen molar-refractivity contribution in [1.29, 1.82) is 0 Å². The van der Waals surface area contributed by atoms with Crippen LogP contribution in [-0.4, -0.2) is 48.8 Å². The minimum absolute atomic E-state index is 0.0975. The number of H-pyrrole nitrogens is 1. The summed E-state index contributed by atoms with van der Waals surface area (Å²) in [7, 11) is 1.33. The molecule has 7 heteroatoms. The van der Waals surface area contributed by atoms with Crippen LogP contribution in [-0.2, 0) is 14.3 Å². The van der Waals surface area contributed by atoms with Crippen LogP contribution in [0, 0.1) is 0 Å². The number of aromatic amines is 1. The number of nitrogens with zero attached hydrogens (tertiary/aromatic N) is 2. The zero-order valence-corrected chi connectivity index (χ0v) is 11.9. The number of carbonyl (C=O) groups is 1. The fourth-order valence-electron chi connectivity index (χ4n) is 2.09. The molecular formula is C13H19N3O4. The maximum atomic E-state index is 11.8. The summed E-state index contributed by atoms with van der Waals surface area (Å²) >= 11 is 0. The van der Waals surface area contributed by atoms with Crippen molar-refractivity contribution in [3.05, 3.63) is 22.2 Å². The van der Waals surface area contributed by atoms with Crippen LogP contribution >= 0.6 is 0 Å². The van der Waals surface area contributed by atoms with Gasteiger partial charge in [-0.1, -0.05) is 13.8 Å². The zero-order chi connectivity index (χ0) is 14.7. The lowest BCUT2D eigenvalue weighted by Gasteiger charge is -2.34. The third kappa shape index (κ3) is 2.98. The van der Waals surface area contributed by atoms with E-state index in [4.69, 9.17) is 9.47 Å². The quantitative estimate of drug-likeness (QED) is 0.801. The summed E-state index contributed by atoms with van der Waals surface area (Å²) in [6.45, 7) is 5.10. The predicted molar refractivity (Wildman–Crippen MR) is 72.9 cm³/mol. The van der Waals surface area contributed by atoms with Gasteiger partial charge in [-0.2, -0.15) is 0 Å². The average Bonchev–Trinajstić information content (AvgIpc) is 2.45. The topological polar surface area (TPSA) is 84.5 Å². The van der Waals surface area contributed by atoms with Crippen LogP contribution in [0.15, 0.2) is 10.9 Å². The Balaban J connectivity index is 2.37. The molecule has 1 N–H and O–H groups in total. The summed E-state index contributed by atoms with van der Waals surface area (Å²) in [5.74, 6) is 0.789. The number of methoxy groups -OCH3 is 1. The molecule has 0 aromatic carbocycles. The number of nitrogens with one attached hydrogen (secondary N) is 1. The number of morpholine rings is 1. The maximum absolute atomic E-state index is 11.8. The van der Waals surface area contributed by atoms with Crippen LogP contribution in [0.1, 0.15) is 25.6 Å². The van der Waals surface area contributed by atoms with E-state index in [9.17, 15) is 9.59 Å². The Hall–Kier alpha value is -1.89. The van der Waals surface area contributed by atoms with Gasteiger partial charge in [0, 0.05) is 18.5 Å². The first-order valence-electron chi connectivity index (χ1n) is 6.56. The van der Waals surface area contributed by atoms with Gasteiger partial charge in [0.25, 0.3) is 5.56 Å². The number of esters is 1. The minimum atomic E-state index is -0.567. The Labute approximate surface area is 116 Å². The molecule has 1 fully saturated rings. The lowest BCUT2D eigenvalue weighted by Crippen LogP contribution is -2.51. The molecule has 0 radical (unpaired) electrons. The van der Waals surface area contributed by atoms with Crippen LogP contribution in [0.4, 0.5) is 5.82 Å². The third-order valence-electron chi connectivity index (χ3n) is 3.19. The van der Waals surface area contributed by atoms with E-state index < -0.39 is 12.0 Å². The van der Waals surface area contributed by atoms with E-state index in [1.165, 1.54) is 13.2 Å². The first-order chi connectivity index (χ1) is 9.52. The first kappa shape index (κ1) is 14.5. The highest BCUT2D eigenvalue weighted by molar-refractivity contribution is 5.80. The van der Waals surface area contributed by atoms with Gasteiger partial charge in [-0.3, -0.25) is 4.79 Å². The monoisotopic (exact) mass is 281 g/mol. The molecule has 0 bridgehead atoms. The molecule has 7 nitrogen and oxygen atoms in total. The lowest BCUT2D eigenvalue weighted by molar-refractivity contribution is -0.144. The summed E-state index contributed by atoms with van der Waals surface area (Å²) in [6.07, 6.45) is 0. The van der Waals surface area contributed by atoms with Crippen LogP contribution in [0.25, 0.3) is 0 Å². The van der Waals surface area contributed by atoms with E-state index in [1.807, 2.05) is 13.8 Å². The molecule has 0 aliphatic carbocycles. The molecule has 1 unspecified atom stereocenters. The Bertz CT molecular complexity index is 541. The van der Waals surface area contributed by atoms with Gasteiger partial charge in [0.05, 0.1) is 20.3 Å². The minimum Gasteiger partial charge on any atom is -0.467 e. The van der Waals surface area contributed by atoms with Gasteiger partial charge in [0.1, 0.15) is 11.6 Å². The smallest absolute Gasteiger partial charge is 0.330 e. The van der Waals surface area contributed by atoms with Crippen molar-refractivity contribution in [2.45, 2.75) is 25.8 Å². The molecule has 1 aromatic rings. The summed E-state index contributed by atoms with van der Waals surface area (Å²) in [5, 5.41) is 0. The summed E-state index contributed by atoms with van der Waals surface area (Å²) in [6, 6.07) is 0.829. The maximum Gasteiger partial charge on any atom is 0.330 e. The Morgan fingerprint density at radius 2 is 2.35 bits per heavy atom. The second kappa shape index (κ2) is 6.04. The van der Waals surface area contributed by atoms with Crippen molar-refractivity contribution in [2.24, 2.45) is 0 Å². The van der Waals surface area contributed by atoms with Crippen LogP contribution in [0.5, 0.6) is 0 Å². The molecule has 1 atom stereocenters. The van der Waals surface area contributed by atoms with Crippen LogP contribution < -0.4 is 10.5 Å². The van der Waals surface area contributed by atoms with Crippen molar-refractivity contribution in [3.63, 3.8) is 0 Å². The number of carbonyl (C=O) groups excluding carboxylic acids is 1. The number of rotatable bonds is 3. The van der Waals surface area contributed by atoms with Crippen molar-refractivity contribution in [1.82, 2.24) is 9.97 Å². The summed E-state index contributed by atoms with van der Waals surface area (Å²) < 4.78 is 10.1. The summed E-state index contributed by atoms with van der Waals surface area (Å²) in [5.41, 5.74) is -0.228. The van der Waals surface area contributed by atoms with E-state index in [2.05, 4.69) is 9.97 Å². The van der Waals surface area contributed by atoms with Gasteiger partial charge in [-0.05, 0) is 0 Å². The van der Waals surface area contributed by atoms with E-state index in [1.54, 1.807) is 4.90 Å². The van der Waals surface area contributed by atoms with Gasteiger partial charge in [-0.25, -0.2) is 9.78 Å². The predicted octanol–water partition coefficient (Wildman–Crippen LogP) is 0.271. The molecule has 0 amide bonds. The van der Waals surface area contributed by atoms with Crippen molar-refractivity contribution in [3.8, 4) is 0 Å².